The number of likely N-dealkylation sites (tertiary alicyclic amines) is 1. The maximum atomic E-state index is 12.7. The van der Waals surface area contributed by atoms with Gasteiger partial charge in [-0.3, -0.25) is 4.90 Å². The van der Waals surface area contributed by atoms with E-state index < -0.39 is 5.60 Å². The largest absolute Gasteiger partial charge is 0.444 e. The Morgan fingerprint density at radius 2 is 1.95 bits per heavy atom. The van der Waals surface area contributed by atoms with Crippen molar-refractivity contribution in [1.29, 1.82) is 0 Å². The van der Waals surface area contributed by atoms with Gasteiger partial charge in [-0.05, 0) is 59.1 Å². The van der Waals surface area contributed by atoms with Gasteiger partial charge in [-0.1, -0.05) is 29.8 Å². The predicted octanol–water partition coefficient (Wildman–Crippen LogP) is 3.57. The molecule has 0 aliphatic carbocycles. The molecule has 2 rings (SSSR count). The summed E-state index contributed by atoms with van der Waals surface area (Å²) in [6.45, 7) is 9.04. The Hall–Kier alpha value is -1.55. The third-order valence-electron chi connectivity index (χ3n) is 4.25. The number of ether oxygens (including phenoxy) is 1. The lowest BCUT2D eigenvalue weighted by atomic mass is 9.84. The number of nitrogens with zero attached hydrogens (tertiary/aromatic N) is 1. The molecule has 4 nitrogen and oxygen atoms in total. The number of rotatable bonds is 3. The molecule has 1 heterocycles. The smallest absolute Gasteiger partial charge is 0.411 e. The molecule has 1 unspecified atom stereocenters. The van der Waals surface area contributed by atoms with Crippen molar-refractivity contribution in [2.75, 3.05) is 13.1 Å². The number of hydrogen-bond donors (Lipinski definition) is 1. The van der Waals surface area contributed by atoms with E-state index in [9.17, 15) is 4.79 Å². The SMILES string of the molecule is Cc1ccc(C2(CCN)CCCN2C(=O)OC(C)(C)C)cc1. The van der Waals surface area contributed by atoms with Gasteiger partial charge in [0.2, 0.25) is 0 Å². The maximum Gasteiger partial charge on any atom is 0.411 e. The van der Waals surface area contributed by atoms with Crippen LogP contribution in [0.5, 0.6) is 0 Å². The summed E-state index contributed by atoms with van der Waals surface area (Å²) in [5.41, 5.74) is 7.43. The molecule has 1 aromatic carbocycles. The van der Waals surface area contributed by atoms with Gasteiger partial charge in [-0.15, -0.1) is 0 Å². The minimum Gasteiger partial charge on any atom is -0.444 e. The van der Waals surface area contributed by atoms with Crippen molar-refractivity contribution >= 4 is 6.09 Å². The summed E-state index contributed by atoms with van der Waals surface area (Å²) >= 11 is 0. The molecule has 0 bridgehead atoms. The molecular formula is C18H28N2O2. The summed E-state index contributed by atoms with van der Waals surface area (Å²) in [7, 11) is 0. The molecule has 1 aliphatic heterocycles. The molecule has 1 fully saturated rings. The average molecular weight is 304 g/mol. The number of amides is 1. The van der Waals surface area contributed by atoms with Crippen LogP contribution in [-0.4, -0.2) is 29.7 Å². The van der Waals surface area contributed by atoms with Gasteiger partial charge in [-0.25, -0.2) is 4.79 Å². The third-order valence-corrected chi connectivity index (χ3v) is 4.25. The van der Waals surface area contributed by atoms with Gasteiger partial charge in [0, 0.05) is 6.54 Å². The highest BCUT2D eigenvalue weighted by Gasteiger charge is 2.45. The third kappa shape index (κ3) is 3.43. The molecular weight excluding hydrogens is 276 g/mol. The van der Waals surface area contributed by atoms with Gasteiger partial charge in [0.1, 0.15) is 5.60 Å². The first kappa shape index (κ1) is 16.8. The van der Waals surface area contributed by atoms with Crippen LogP contribution < -0.4 is 5.73 Å². The lowest BCUT2D eigenvalue weighted by molar-refractivity contribution is 0.00559. The van der Waals surface area contributed by atoms with Gasteiger partial charge in [0.15, 0.2) is 0 Å². The Morgan fingerprint density at radius 1 is 1.32 bits per heavy atom. The van der Waals surface area contributed by atoms with Gasteiger partial charge in [0.25, 0.3) is 0 Å². The summed E-state index contributed by atoms with van der Waals surface area (Å²) in [5, 5.41) is 0. The van der Waals surface area contributed by atoms with E-state index in [1.165, 1.54) is 5.56 Å². The molecule has 0 aromatic heterocycles. The van der Waals surface area contributed by atoms with E-state index in [2.05, 4.69) is 31.2 Å². The minimum absolute atomic E-state index is 0.237. The molecule has 1 atom stereocenters. The van der Waals surface area contributed by atoms with Crippen LogP contribution in [0.3, 0.4) is 0 Å². The van der Waals surface area contributed by atoms with Crippen molar-refractivity contribution in [3.8, 4) is 0 Å². The van der Waals surface area contributed by atoms with E-state index in [0.717, 1.165) is 31.4 Å². The fourth-order valence-electron chi connectivity index (χ4n) is 3.27. The zero-order valence-electron chi connectivity index (χ0n) is 14.2. The number of carbonyl (C=O) groups is 1. The second-order valence-electron chi connectivity index (χ2n) is 7.17. The van der Waals surface area contributed by atoms with Gasteiger partial charge in [-0.2, -0.15) is 0 Å². The van der Waals surface area contributed by atoms with E-state index in [1.807, 2.05) is 25.7 Å². The minimum atomic E-state index is -0.485. The average Bonchev–Trinajstić information content (AvgIpc) is 2.83. The van der Waals surface area contributed by atoms with Crippen LogP contribution in [0.1, 0.15) is 51.2 Å². The molecule has 0 saturated carbocycles. The predicted molar refractivity (Wildman–Crippen MR) is 88.7 cm³/mol. The molecule has 0 radical (unpaired) electrons. The van der Waals surface area contributed by atoms with Crippen LogP contribution >= 0.6 is 0 Å². The summed E-state index contributed by atoms with van der Waals surface area (Å²) < 4.78 is 5.61. The Balaban J connectivity index is 2.35. The standard InChI is InChI=1S/C18H28N2O2/c1-14-6-8-15(9-7-14)18(11-12-19)10-5-13-20(18)16(21)22-17(2,3)4/h6-9H,5,10-13,19H2,1-4H3. The molecule has 1 amide bonds. The second-order valence-corrected chi connectivity index (χ2v) is 7.17. The number of aryl methyl sites for hydroxylation is 1. The van der Waals surface area contributed by atoms with Crippen molar-refractivity contribution in [3.63, 3.8) is 0 Å². The van der Waals surface area contributed by atoms with Crippen molar-refractivity contribution in [1.82, 2.24) is 4.90 Å². The number of benzene rings is 1. The highest BCUT2D eigenvalue weighted by molar-refractivity contribution is 5.70. The van der Waals surface area contributed by atoms with Crippen LogP contribution in [0.25, 0.3) is 0 Å². The first-order valence-electron chi connectivity index (χ1n) is 8.06. The van der Waals surface area contributed by atoms with Crippen LogP contribution in [0.2, 0.25) is 0 Å². The molecule has 2 N–H and O–H groups in total. The van der Waals surface area contributed by atoms with E-state index in [-0.39, 0.29) is 11.6 Å². The first-order valence-corrected chi connectivity index (χ1v) is 8.06. The summed E-state index contributed by atoms with van der Waals surface area (Å²) in [4.78, 5) is 14.5. The van der Waals surface area contributed by atoms with Crippen LogP contribution in [0.15, 0.2) is 24.3 Å². The fraction of sp³-hybridized carbons (Fsp3) is 0.611. The summed E-state index contributed by atoms with van der Waals surface area (Å²) in [5.74, 6) is 0. The number of carbonyl (C=O) groups excluding carboxylic acids is 1. The van der Waals surface area contributed by atoms with Crippen molar-refractivity contribution in [2.24, 2.45) is 5.73 Å². The normalized spacial score (nSPS) is 22.0. The Labute approximate surface area is 133 Å². The fourth-order valence-corrected chi connectivity index (χ4v) is 3.27. The lowest BCUT2D eigenvalue weighted by Crippen LogP contribution is -2.48. The monoisotopic (exact) mass is 304 g/mol. The highest BCUT2D eigenvalue weighted by Crippen LogP contribution is 2.42. The van der Waals surface area contributed by atoms with E-state index in [0.29, 0.717) is 6.54 Å². The van der Waals surface area contributed by atoms with E-state index in [4.69, 9.17) is 10.5 Å². The molecule has 0 spiro atoms. The summed E-state index contributed by atoms with van der Waals surface area (Å²) in [6, 6.07) is 8.43. The quantitative estimate of drug-likeness (QED) is 0.928. The molecule has 4 heteroatoms. The molecule has 22 heavy (non-hydrogen) atoms. The van der Waals surface area contributed by atoms with Crippen LogP contribution in [0.4, 0.5) is 4.79 Å². The van der Waals surface area contributed by atoms with Crippen LogP contribution in [0, 0.1) is 6.92 Å². The van der Waals surface area contributed by atoms with Gasteiger partial charge in [0.05, 0.1) is 5.54 Å². The topological polar surface area (TPSA) is 55.6 Å². The lowest BCUT2D eigenvalue weighted by Gasteiger charge is -2.39. The molecule has 122 valence electrons. The van der Waals surface area contributed by atoms with Crippen molar-refractivity contribution in [2.45, 2.75) is 58.1 Å². The zero-order valence-corrected chi connectivity index (χ0v) is 14.2. The molecule has 1 aliphatic rings. The van der Waals surface area contributed by atoms with Crippen LogP contribution in [-0.2, 0) is 10.3 Å². The summed E-state index contributed by atoms with van der Waals surface area (Å²) in [6.07, 6.45) is 2.44. The Morgan fingerprint density at radius 3 is 2.50 bits per heavy atom. The Bertz CT molecular complexity index is 519. The Kier molecular flexibility index (Phi) is 4.81. The van der Waals surface area contributed by atoms with E-state index >= 15 is 0 Å². The van der Waals surface area contributed by atoms with Gasteiger partial charge >= 0.3 is 6.09 Å². The number of hydrogen-bond acceptors (Lipinski definition) is 3. The van der Waals surface area contributed by atoms with Crippen molar-refractivity contribution in [3.05, 3.63) is 35.4 Å². The van der Waals surface area contributed by atoms with E-state index in [1.54, 1.807) is 0 Å². The zero-order chi connectivity index (χ0) is 16.4. The first-order chi connectivity index (χ1) is 10.3. The molecule has 1 saturated heterocycles. The maximum absolute atomic E-state index is 12.7. The van der Waals surface area contributed by atoms with Gasteiger partial charge < -0.3 is 10.5 Å². The van der Waals surface area contributed by atoms with Crippen molar-refractivity contribution < 1.29 is 9.53 Å². The molecule has 1 aromatic rings. The number of nitrogens with two attached hydrogens (primary N) is 1. The highest BCUT2D eigenvalue weighted by atomic mass is 16.6. The second kappa shape index (κ2) is 6.29.